The lowest BCUT2D eigenvalue weighted by Crippen LogP contribution is -2.46. The third-order valence-corrected chi connectivity index (χ3v) is 3.77. The van der Waals surface area contributed by atoms with E-state index in [-0.39, 0.29) is 12.6 Å². The first kappa shape index (κ1) is 19.6. The van der Waals surface area contributed by atoms with Crippen molar-refractivity contribution in [2.24, 2.45) is 0 Å². The number of carbonyl (C=O) groups excluding carboxylic acids is 1. The van der Waals surface area contributed by atoms with E-state index in [9.17, 15) is 9.90 Å². The summed E-state index contributed by atoms with van der Waals surface area (Å²) in [6.45, 7) is 2.58. The molecule has 0 spiro atoms. The van der Waals surface area contributed by atoms with E-state index in [1.54, 1.807) is 14.0 Å². The third kappa shape index (κ3) is 7.03. The number of amides is 2. The smallest absolute Gasteiger partial charge is 0.315 e. The van der Waals surface area contributed by atoms with Gasteiger partial charge in [0.25, 0.3) is 0 Å². The van der Waals surface area contributed by atoms with Crippen molar-refractivity contribution in [3.8, 4) is 11.5 Å². The molecule has 6 heteroatoms. The molecule has 0 aliphatic rings. The van der Waals surface area contributed by atoms with E-state index in [0.29, 0.717) is 19.6 Å². The highest BCUT2D eigenvalue weighted by atomic mass is 16.5. The van der Waals surface area contributed by atoms with Crippen LogP contribution in [0.3, 0.4) is 0 Å². The van der Waals surface area contributed by atoms with Crippen molar-refractivity contribution in [1.82, 2.24) is 10.6 Å². The van der Waals surface area contributed by atoms with E-state index in [0.717, 1.165) is 17.1 Å². The van der Waals surface area contributed by atoms with Gasteiger partial charge in [-0.3, -0.25) is 0 Å². The zero-order valence-corrected chi connectivity index (χ0v) is 15.2. The molecule has 140 valence electrons. The molecule has 0 bridgehead atoms. The first-order valence-electron chi connectivity index (χ1n) is 8.53. The highest BCUT2D eigenvalue weighted by molar-refractivity contribution is 5.73. The molecule has 0 unspecified atom stereocenters. The van der Waals surface area contributed by atoms with E-state index >= 15 is 0 Å². The molecule has 0 aliphatic carbocycles. The zero-order chi connectivity index (χ0) is 18.8. The van der Waals surface area contributed by atoms with Crippen LogP contribution in [0.5, 0.6) is 11.5 Å². The van der Waals surface area contributed by atoms with E-state index in [1.807, 2.05) is 54.6 Å². The number of rotatable bonds is 9. The van der Waals surface area contributed by atoms with Gasteiger partial charge in [0.2, 0.25) is 0 Å². The number of para-hydroxylation sites is 1. The van der Waals surface area contributed by atoms with Crippen LogP contribution in [-0.4, -0.2) is 43.5 Å². The molecule has 0 aliphatic heterocycles. The van der Waals surface area contributed by atoms with Crippen LogP contribution in [0.4, 0.5) is 4.79 Å². The molecule has 3 N–H and O–H groups in total. The lowest BCUT2D eigenvalue weighted by molar-refractivity contribution is 0.0623. The first-order chi connectivity index (χ1) is 12.5. The zero-order valence-electron chi connectivity index (χ0n) is 15.2. The SMILES string of the molecule is COc1ccc(C[C@](C)(O)CNC(=O)NCCOc2ccccc2)cc1. The fourth-order valence-electron chi connectivity index (χ4n) is 2.43. The molecule has 0 heterocycles. The second kappa shape index (κ2) is 9.68. The van der Waals surface area contributed by atoms with Crippen LogP contribution >= 0.6 is 0 Å². The van der Waals surface area contributed by atoms with Gasteiger partial charge >= 0.3 is 6.03 Å². The minimum absolute atomic E-state index is 0.143. The number of hydrogen-bond donors (Lipinski definition) is 3. The van der Waals surface area contributed by atoms with Crippen molar-refractivity contribution in [3.63, 3.8) is 0 Å². The number of aliphatic hydroxyl groups is 1. The van der Waals surface area contributed by atoms with Crippen molar-refractivity contribution in [2.45, 2.75) is 18.9 Å². The molecule has 0 saturated heterocycles. The Morgan fingerprint density at radius 1 is 1.04 bits per heavy atom. The lowest BCUT2D eigenvalue weighted by atomic mass is 9.96. The summed E-state index contributed by atoms with van der Waals surface area (Å²) < 4.78 is 10.6. The number of methoxy groups -OCH3 is 1. The van der Waals surface area contributed by atoms with Crippen LogP contribution in [-0.2, 0) is 6.42 Å². The van der Waals surface area contributed by atoms with Gasteiger partial charge in [-0.15, -0.1) is 0 Å². The van der Waals surface area contributed by atoms with E-state index in [2.05, 4.69) is 10.6 Å². The van der Waals surface area contributed by atoms with Crippen LogP contribution in [0.25, 0.3) is 0 Å². The monoisotopic (exact) mass is 358 g/mol. The summed E-state index contributed by atoms with van der Waals surface area (Å²) in [5.41, 5.74) is -0.0822. The van der Waals surface area contributed by atoms with Crippen molar-refractivity contribution < 1.29 is 19.4 Å². The highest BCUT2D eigenvalue weighted by Gasteiger charge is 2.21. The average Bonchev–Trinajstić information content (AvgIpc) is 2.65. The number of ether oxygens (including phenoxy) is 2. The minimum atomic E-state index is -1.05. The van der Waals surface area contributed by atoms with Crippen LogP contribution < -0.4 is 20.1 Å². The number of urea groups is 1. The summed E-state index contributed by atoms with van der Waals surface area (Å²) in [5, 5.41) is 15.9. The van der Waals surface area contributed by atoms with Gasteiger partial charge in [-0.05, 0) is 36.8 Å². The first-order valence-corrected chi connectivity index (χ1v) is 8.53. The largest absolute Gasteiger partial charge is 0.497 e. The van der Waals surface area contributed by atoms with Crippen molar-refractivity contribution in [3.05, 3.63) is 60.2 Å². The predicted molar refractivity (Wildman–Crippen MR) is 101 cm³/mol. The molecule has 1 atom stereocenters. The van der Waals surface area contributed by atoms with Gasteiger partial charge in [-0.2, -0.15) is 0 Å². The Morgan fingerprint density at radius 3 is 2.38 bits per heavy atom. The molecular weight excluding hydrogens is 332 g/mol. The van der Waals surface area contributed by atoms with Crippen LogP contribution in [0.1, 0.15) is 12.5 Å². The number of nitrogens with one attached hydrogen (secondary N) is 2. The molecule has 0 fully saturated rings. The minimum Gasteiger partial charge on any atom is -0.497 e. The summed E-state index contributed by atoms with van der Waals surface area (Å²) in [6, 6.07) is 16.6. The molecule has 6 nitrogen and oxygen atoms in total. The summed E-state index contributed by atoms with van der Waals surface area (Å²) in [5.74, 6) is 1.53. The van der Waals surface area contributed by atoms with Crippen molar-refractivity contribution in [1.29, 1.82) is 0 Å². The third-order valence-electron chi connectivity index (χ3n) is 3.77. The number of carbonyl (C=O) groups is 1. The van der Waals surface area contributed by atoms with Crippen LogP contribution in [0.2, 0.25) is 0 Å². The molecule has 2 aromatic rings. The Labute approximate surface area is 154 Å². The summed E-state index contributed by atoms with van der Waals surface area (Å²) in [7, 11) is 1.61. The van der Waals surface area contributed by atoms with Gasteiger partial charge in [0, 0.05) is 13.0 Å². The van der Waals surface area contributed by atoms with Crippen LogP contribution in [0.15, 0.2) is 54.6 Å². The maximum absolute atomic E-state index is 11.8. The predicted octanol–water partition coefficient (Wildman–Crippen LogP) is 2.37. The number of benzene rings is 2. The van der Waals surface area contributed by atoms with E-state index in [4.69, 9.17) is 9.47 Å². The van der Waals surface area contributed by atoms with Crippen LogP contribution in [0, 0.1) is 0 Å². The Morgan fingerprint density at radius 2 is 1.73 bits per heavy atom. The van der Waals surface area contributed by atoms with Gasteiger partial charge in [0.1, 0.15) is 18.1 Å². The normalized spacial score (nSPS) is 12.7. The second-order valence-electron chi connectivity index (χ2n) is 6.29. The Balaban J connectivity index is 1.66. The molecular formula is C20H26N2O4. The lowest BCUT2D eigenvalue weighted by Gasteiger charge is -2.24. The van der Waals surface area contributed by atoms with Gasteiger partial charge < -0.3 is 25.2 Å². The Kier molecular flexibility index (Phi) is 7.29. The van der Waals surface area contributed by atoms with Crippen molar-refractivity contribution >= 4 is 6.03 Å². The molecule has 0 aromatic heterocycles. The van der Waals surface area contributed by atoms with Crippen molar-refractivity contribution in [2.75, 3.05) is 26.8 Å². The molecule has 0 radical (unpaired) electrons. The van der Waals surface area contributed by atoms with E-state index < -0.39 is 5.60 Å². The standard InChI is InChI=1S/C20H26N2O4/c1-20(24,14-16-8-10-17(25-2)11-9-16)15-22-19(23)21-12-13-26-18-6-4-3-5-7-18/h3-11,24H,12-15H2,1-2H3,(H2,21,22,23)/t20-/m0/s1. The fourth-order valence-corrected chi connectivity index (χ4v) is 2.43. The Bertz CT molecular complexity index is 672. The summed E-state index contributed by atoms with van der Waals surface area (Å²) >= 11 is 0. The quantitative estimate of drug-likeness (QED) is 0.601. The Hall–Kier alpha value is -2.73. The maximum atomic E-state index is 11.8. The van der Waals surface area contributed by atoms with E-state index in [1.165, 1.54) is 0 Å². The van der Waals surface area contributed by atoms with Gasteiger partial charge in [-0.25, -0.2) is 4.79 Å². The highest BCUT2D eigenvalue weighted by Crippen LogP contribution is 2.16. The van der Waals surface area contributed by atoms with Gasteiger partial charge in [0.15, 0.2) is 0 Å². The molecule has 2 amide bonds. The van der Waals surface area contributed by atoms with Gasteiger partial charge in [0.05, 0.1) is 19.3 Å². The number of hydrogen-bond acceptors (Lipinski definition) is 4. The fraction of sp³-hybridized carbons (Fsp3) is 0.350. The molecule has 2 rings (SSSR count). The molecule has 0 saturated carbocycles. The topological polar surface area (TPSA) is 79.8 Å². The second-order valence-corrected chi connectivity index (χ2v) is 6.29. The van der Waals surface area contributed by atoms with Gasteiger partial charge in [-0.1, -0.05) is 30.3 Å². The molecule has 2 aromatic carbocycles. The average molecular weight is 358 g/mol. The summed E-state index contributed by atoms with van der Waals surface area (Å²) in [4.78, 5) is 11.8. The summed E-state index contributed by atoms with van der Waals surface area (Å²) in [6.07, 6.45) is 0.425. The molecule has 26 heavy (non-hydrogen) atoms. The maximum Gasteiger partial charge on any atom is 0.315 e.